The average molecular weight is 305 g/mol. The summed E-state index contributed by atoms with van der Waals surface area (Å²) in [6.07, 6.45) is 0. The fourth-order valence-corrected chi connectivity index (χ4v) is 2.13. The van der Waals surface area contributed by atoms with Crippen LogP contribution in [0.1, 0.15) is 5.69 Å². The van der Waals surface area contributed by atoms with Crippen molar-refractivity contribution in [2.75, 3.05) is 27.4 Å². The van der Waals surface area contributed by atoms with E-state index in [1.54, 1.807) is 19.2 Å². The van der Waals surface area contributed by atoms with E-state index in [1.165, 1.54) is 11.8 Å². The SMILES string of the molecule is COCCn1nc(CNC(=O)COC)c2ccccc2c1=O. The lowest BCUT2D eigenvalue weighted by Crippen LogP contribution is -2.30. The Hall–Kier alpha value is -2.25. The van der Waals surface area contributed by atoms with Crippen LogP contribution in [0.4, 0.5) is 0 Å². The molecule has 1 aromatic carbocycles. The van der Waals surface area contributed by atoms with Crippen LogP contribution in [0.15, 0.2) is 29.1 Å². The molecular formula is C15H19N3O4. The fourth-order valence-electron chi connectivity index (χ4n) is 2.13. The molecule has 0 bridgehead atoms. The maximum atomic E-state index is 12.4. The minimum atomic E-state index is -0.233. The van der Waals surface area contributed by atoms with E-state index in [4.69, 9.17) is 9.47 Å². The van der Waals surface area contributed by atoms with E-state index in [0.29, 0.717) is 24.2 Å². The first-order chi connectivity index (χ1) is 10.7. The van der Waals surface area contributed by atoms with Gasteiger partial charge in [-0.25, -0.2) is 4.68 Å². The number of hydrogen-bond acceptors (Lipinski definition) is 5. The summed E-state index contributed by atoms with van der Waals surface area (Å²) in [5, 5.41) is 8.37. The summed E-state index contributed by atoms with van der Waals surface area (Å²) < 4.78 is 11.1. The van der Waals surface area contributed by atoms with Gasteiger partial charge in [-0.05, 0) is 6.07 Å². The Morgan fingerprint density at radius 1 is 1.23 bits per heavy atom. The van der Waals surface area contributed by atoms with E-state index in [-0.39, 0.29) is 24.6 Å². The van der Waals surface area contributed by atoms with Crippen molar-refractivity contribution >= 4 is 16.7 Å². The van der Waals surface area contributed by atoms with Crippen molar-refractivity contribution < 1.29 is 14.3 Å². The number of carbonyl (C=O) groups excluding carboxylic acids is 1. The number of ether oxygens (including phenoxy) is 2. The summed E-state index contributed by atoms with van der Waals surface area (Å²) in [6.45, 7) is 0.969. The Kier molecular flexibility index (Phi) is 5.62. The number of amides is 1. The molecule has 22 heavy (non-hydrogen) atoms. The zero-order valence-corrected chi connectivity index (χ0v) is 12.7. The Morgan fingerprint density at radius 3 is 2.64 bits per heavy atom. The largest absolute Gasteiger partial charge is 0.383 e. The lowest BCUT2D eigenvalue weighted by atomic mass is 10.1. The van der Waals surface area contributed by atoms with Crippen molar-refractivity contribution in [3.05, 3.63) is 40.3 Å². The Bertz CT molecular complexity index is 711. The maximum absolute atomic E-state index is 12.4. The van der Waals surface area contributed by atoms with Gasteiger partial charge in [0.05, 0.1) is 30.8 Å². The third kappa shape index (κ3) is 3.69. The molecule has 0 fully saturated rings. The number of nitrogens with zero attached hydrogens (tertiary/aromatic N) is 2. The Morgan fingerprint density at radius 2 is 1.95 bits per heavy atom. The van der Waals surface area contributed by atoms with Crippen LogP contribution in [-0.2, 0) is 27.4 Å². The zero-order valence-electron chi connectivity index (χ0n) is 12.7. The van der Waals surface area contributed by atoms with Crippen molar-refractivity contribution in [1.29, 1.82) is 0 Å². The number of aromatic nitrogens is 2. The summed E-state index contributed by atoms with van der Waals surface area (Å²) in [7, 11) is 3.02. The van der Waals surface area contributed by atoms with Gasteiger partial charge in [-0.1, -0.05) is 18.2 Å². The van der Waals surface area contributed by atoms with Crippen molar-refractivity contribution in [1.82, 2.24) is 15.1 Å². The van der Waals surface area contributed by atoms with Crippen LogP contribution in [-0.4, -0.2) is 43.1 Å². The third-order valence-corrected chi connectivity index (χ3v) is 3.18. The monoisotopic (exact) mass is 305 g/mol. The number of methoxy groups -OCH3 is 2. The predicted molar refractivity (Wildman–Crippen MR) is 81.6 cm³/mol. The standard InChI is InChI=1S/C15H19N3O4/c1-21-8-7-18-15(20)12-6-4-3-5-11(12)13(17-18)9-16-14(19)10-22-2/h3-6H,7-10H2,1-2H3,(H,16,19). The van der Waals surface area contributed by atoms with Gasteiger partial charge in [0.2, 0.25) is 5.91 Å². The number of nitrogens with one attached hydrogen (secondary N) is 1. The lowest BCUT2D eigenvalue weighted by molar-refractivity contribution is -0.124. The highest BCUT2D eigenvalue weighted by molar-refractivity contribution is 5.84. The van der Waals surface area contributed by atoms with Crippen molar-refractivity contribution in [2.45, 2.75) is 13.1 Å². The molecule has 118 valence electrons. The summed E-state index contributed by atoms with van der Waals surface area (Å²) in [5.41, 5.74) is 0.468. The van der Waals surface area contributed by atoms with Crippen molar-refractivity contribution in [2.24, 2.45) is 0 Å². The van der Waals surface area contributed by atoms with Gasteiger partial charge < -0.3 is 14.8 Å². The Labute approximate surface area is 127 Å². The maximum Gasteiger partial charge on any atom is 0.274 e. The molecule has 0 aliphatic heterocycles. The van der Waals surface area contributed by atoms with Crippen LogP contribution in [0.5, 0.6) is 0 Å². The van der Waals surface area contributed by atoms with Crippen LogP contribution in [0.3, 0.4) is 0 Å². The fraction of sp³-hybridized carbons (Fsp3) is 0.400. The quantitative estimate of drug-likeness (QED) is 0.796. The van der Waals surface area contributed by atoms with Gasteiger partial charge in [-0.2, -0.15) is 5.10 Å². The van der Waals surface area contributed by atoms with Crippen LogP contribution in [0.2, 0.25) is 0 Å². The van der Waals surface area contributed by atoms with Crippen molar-refractivity contribution in [3.63, 3.8) is 0 Å². The molecule has 0 spiro atoms. The normalized spacial score (nSPS) is 10.8. The number of hydrogen-bond donors (Lipinski definition) is 1. The Balaban J connectivity index is 2.36. The molecular weight excluding hydrogens is 286 g/mol. The second-order valence-electron chi connectivity index (χ2n) is 4.72. The molecule has 7 heteroatoms. The molecule has 0 saturated heterocycles. The summed E-state index contributed by atoms with van der Waals surface area (Å²) >= 11 is 0. The number of benzene rings is 1. The molecule has 0 atom stereocenters. The van der Waals surface area contributed by atoms with E-state index >= 15 is 0 Å². The minimum absolute atomic E-state index is 0.0127. The molecule has 0 aliphatic rings. The predicted octanol–water partition coefficient (Wildman–Crippen LogP) is 0.305. The molecule has 1 N–H and O–H groups in total. The van der Waals surface area contributed by atoms with E-state index in [0.717, 1.165) is 5.39 Å². The first kappa shape index (κ1) is 16.1. The minimum Gasteiger partial charge on any atom is -0.383 e. The topological polar surface area (TPSA) is 82.4 Å². The van der Waals surface area contributed by atoms with Gasteiger partial charge in [0, 0.05) is 19.6 Å². The van der Waals surface area contributed by atoms with Gasteiger partial charge >= 0.3 is 0 Å². The molecule has 0 saturated carbocycles. The molecule has 0 radical (unpaired) electrons. The second-order valence-corrected chi connectivity index (χ2v) is 4.72. The molecule has 1 heterocycles. The number of rotatable bonds is 7. The molecule has 2 rings (SSSR count). The lowest BCUT2D eigenvalue weighted by Gasteiger charge is -2.11. The van der Waals surface area contributed by atoms with Gasteiger partial charge in [0.25, 0.3) is 5.56 Å². The first-order valence-electron chi connectivity index (χ1n) is 6.90. The summed E-state index contributed by atoms with van der Waals surface area (Å²) in [5.74, 6) is -0.233. The van der Waals surface area contributed by atoms with Crippen LogP contribution in [0, 0.1) is 0 Å². The van der Waals surface area contributed by atoms with Crippen LogP contribution >= 0.6 is 0 Å². The number of carbonyl (C=O) groups is 1. The molecule has 2 aromatic rings. The molecule has 0 aliphatic carbocycles. The summed E-state index contributed by atoms with van der Waals surface area (Å²) in [4.78, 5) is 23.9. The van der Waals surface area contributed by atoms with E-state index in [9.17, 15) is 9.59 Å². The van der Waals surface area contributed by atoms with Crippen LogP contribution < -0.4 is 10.9 Å². The number of fused-ring (bicyclic) bond motifs is 1. The van der Waals surface area contributed by atoms with E-state index in [2.05, 4.69) is 10.4 Å². The highest BCUT2D eigenvalue weighted by Gasteiger charge is 2.11. The highest BCUT2D eigenvalue weighted by atomic mass is 16.5. The van der Waals surface area contributed by atoms with E-state index in [1.807, 2.05) is 12.1 Å². The second kappa shape index (κ2) is 7.67. The molecule has 1 amide bonds. The molecule has 1 aromatic heterocycles. The van der Waals surface area contributed by atoms with Gasteiger partial charge in [0.1, 0.15) is 6.61 Å². The highest BCUT2D eigenvalue weighted by Crippen LogP contribution is 2.13. The summed E-state index contributed by atoms with van der Waals surface area (Å²) in [6, 6.07) is 7.21. The first-order valence-corrected chi connectivity index (χ1v) is 6.90. The van der Waals surface area contributed by atoms with E-state index < -0.39 is 0 Å². The van der Waals surface area contributed by atoms with Gasteiger partial charge in [-0.3, -0.25) is 9.59 Å². The smallest absolute Gasteiger partial charge is 0.274 e. The van der Waals surface area contributed by atoms with Gasteiger partial charge in [-0.15, -0.1) is 0 Å². The van der Waals surface area contributed by atoms with Gasteiger partial charge in [0.15, 0.2) is 0 Å². The van der Waals surface area contributed by atoms with Crippen molar-refractivity contribution in [3.8, 4) is 0 Å². The molecule has 0 unspecified atom stereocenters. The third-order valence-electron chi connectivity index (χ3n) is 3.18. The molecule has 7 nitrogen and oxygen atoms in total. The average Bonchev–Trinajstić information content (AvgIpc) is 2.53. The van der Waals surface area contributed by atoms with Crippen LogP contribution in [0.25, 0.3) is 10.8 Å². The zero-order chi connectivity index (χ0) is 15.9.